The number of nitrogens with zero attached hydrogens (tertiary/aromatic N) is 1. The second kappa shape index (κ2) is 6.06. The molecule has 0 heterocycles. The lowest BCUT2D eigenvalue weighted by Crippen LogP contribution is -2.35. The van der Waals surface area contributed by atoms with Gasteiger partial charge in [0.25, 0.3) is 5.91 Å². The van der Waals surface area contributed by atoms with Crippen LogP contribution in [0.25, 0.3) is 0 Å². The summed E-state index contributed by atoms with van der Waals surface area (Å²) in [5, 5.41) is 0. The number of carbonyl (C=O) groups excluding carboxylic acids is 2. The van der Waals surface area contributed by atoms with Crippen LogP contribution in [-0.2, 0) is 4.79 Å². The SMILES string of the molecule is CC(=O)c1cc(Br)cc(N)c1OC(C)C(=O)N(C)C. The summed E-state index contributed by atoms with van der Waals surface area (Å²) in [5.74, 6) is -0.122. The van der Waals surface area contributed by atoms with E-state index in [0.29, 0.717) is 15.7 Å². The van der Waals surface area contributed by atoms with Crippen molar-refractivity contribution in [2.75, 3.05) is 19.8 Å². The Kier molecular flexibility index (Phi) is 4.94. The number of ether oxygens (including phenoxy) is 1. The van der Waals surface area contributed by atoms with Crippen LogP contribution in [0.15, 0.2) is 16.6 Å². The molecule has 1 rings (SSSR count). The fraction of sp³-hybridized carbons (Fsp3) is 0.385. The number of ketones is 1. The van der Waals surface area contributed by atoms with Gasteiger partial charge in [0, 0.05) is 18.6 Å². The molecule has 1 aromatic carbocycles. The number of benzene rings is 1. The average molecular weight is 329 g/mol. The van der Waals surface area contributed by atoms with Crippen LogP contribution in [0, 0.1) is 0 Å². The zero-order valence-electron chi connectivity index (χ0n) is 11.4. The van der Waals surface area contributed by atoms with Gasteiger partial charge in [0.1, 0.15) is 0 Å². The van der Waals surface area contributed by atoms with E-state index < -0.39 is 6.10 Å². The van der Waals surface area contributed by atoms with E-state index in [4.69, 9.17) is 10.5 Å². The fourth-order valence-corrected chi connectivity index (χ4v) is 2.07. The number of Topliss-reactive ketones (excluding diaryl/α,β-unsaturated/α-hetero) is 1. The van der Waals surface area contributed by atoms with Gasteiger partial charge in [-0.1, -0.05) is 15.9 Å². The summed E-state index contributed by atoms with van der Waals surface area (Å²) in [5.41, 5.74) is 6.52. The number of halogens is 1. The first-order chi connectivity index (χ1) is 8.73. The fourth-order valence-electron chi connectivity index (χ4n) is 1.60. The van der Waals surface area contributed by atoms with Crippen molar-refractivity contribution in [3.8, 4) is 5.75 Å². The second-order valence-electron chi connectivity index (χ2n) is 4.42. The van der Waals surface area contributed by atoms with Crippen LogP contribution in [0.1, 0.15) is 24.2 Å². The van der Waals surface area contributed by atoms with Crippen LogP contribution < -0.4 is 10.5 Å². The monoisotopic (exact) mass is 328 g/mol. The number of amides is 1. The van der Waals surface area contributed by atoms with Crippen molar-refractivity contribution in [2.24, 2.45) is 0 Å². The topological polar surface area (TPSA) is 72.6 Å². The standard InChI is InChI=1S/C13H17BrN2O3/c1-7(17)10-5-9(14)6-11(15)12(10)19-8(2)13(18)16(3)4/h5-6,8H,15H2,1-4H3. The predicted octanol–water partition coefficient (Wildman–Crippen LogP) is 2.09. The van der Waals surface area contributed by atoms with Crippen LogP contribution in [0.2, 0.25) is 0 Å². The lowest BCUT2D eigenvalue weighted by atomic mass is 10.1. The van der Waals surface area contributed by atoms with Gasteiger partial charge in [-0.05, 0) is 26.0 Å². The summed E-state index contributed by atoms with van der Waals surface area (Å²) in [7, 11) is 3.28. The average Bonchev–Trinajstić information content (AvgIpc) is 2.30. The first-order valence-electron chi connectivity index (χ1n) is 5.71. The Hall–Kier alpha value is -1.56. The maximum atomic E-state index is 11.8. The third kappa shape index (κ3) is 3.70. The smallest absolute Gasteiger partial charge is 0.262 e. The first-order valence-corrected chi connectivity index (χ1v) is 6.51. The molecule has 0 aliphatic rings. The van der Waals surface area contributed by atoms with Crippen molar-refractivity contribution in [1.82, 2.24) is 4.90 Å². The van der Waals surface area contributed by atoms with Crippen molar-refractivity contribution < 1.29 is 14.3 Å². The summed E-state index contributed by atoms with van der Waals surface area (Å²) in [6.07, 6.45) is -0.712. The van der Waals surface area contributed by atoms with Crippen molar-refractivity contribution >= 4 is 33.3 Å². The molecule has 0 saturated carbocycles. The van der Waals surface area contributed by atoms with E-state index in [1.54, 1.807) is 33.2 Å². The largest absolute Gasteiger partial charge is 0.478 e. The van der Waals surface area contributed by atoms with Crippen molar-refractivity contribution in [2.45, 2.75) is 20.0 Å². The molecule has 0 spiro atoms. The van der Waals surface area contributed by atoms with E-state index in [1.165, 1.54) is 11.8 Å². The van der Waals surface area contributed by atoms with Crippen molar-refractivity contribution in [1.29, 1.82) is 0 Å². The Morgan fingerprint density at radius 3 is 2.42 bits per heavy atom. The van der Waals surface area contributed by atoms with Gasteiger partial charge in [-0.3, -0.25) is 9.59 Å². The molecule has 0 saturated heterocycles. The molecule has 1 unspecified atom stereocenters. The Morgan fingerprint density at radius 2 is 1.95 bits per heavy atom. The van der Waals surface area contributed by atoms with Gasteiger partial charge in [0.2, 0.25) is 0 Å². The number of hydrogen-bond acceptors (Lipinski definition) is 4. The highest BCUT2D eigenvalue weighted by atomic mass is 79.9. The number of likely N-dealkylation sites (N-methyl/N-ethyl adjacent to an activating group) is 1. The van der Waals surface area contributed by atoms with Gasteiger partial charge in [-0.2, -0.15) is 0 Å². The highest BCUT2D eigenvalue weighted by molar-refractivity contribution is 9.10. The molecule has 6 heteroatoms. The Labute approximate surface area is 120 Å². The molecule has 2 N–H and O–H groups in total. The quantitative estimate of drug-likeness (QED) is 0.678. The van der Waals surface area contributed by atoms with E-state index in [0.717, 1.165) is 0 Å². The molecule has 1 amide bonds. The van der Waals surface area contributed by atoms with Crippen molar-refractivity contribution in [3.05, 3.63) is 22.2 Å². The minimum Gasteiger partial charge on any atom is -0.478 e. The molecule has 0 fully saturated rings. The summed E-state index contributed by atoms with van der Waals surface area (Å²) in [4.78, 5) is 24.8. The molecule has 0 aliphatic carbocycles. The second-order valence-corrected chi connectivity index (χ2v) is 5.34. The van der Waals surface area contributed by atoms with Gasteiger partial charge in [0.15, 0.2) is 17.6 Å². The molecular formula is C13H17BrN2O3. The summed E-state index contributed by atoms with van der Waals surface area (Å²) in [6.45, 7) is 3.04. The third-order valence-corrected chi connectivity index (χ3v) is 3.00. The molecule has 5 nitrogen and oxygen atoms in total. The molecule has 0 aliphatic heterocycles. The summed E-state index contributed by atoms with van der Waals surface area (Å²) in [6, 6.07) is 3.26. The number of nitrogens with two attached hydrogens (primary N) is 1. The maximum Gasteiger partial charge on any atom is 0.262 e. The minimum absolute atomic E-state index is 0.174. The third-order valence-electron chi connectivity index (χ3n) is 2.54. The van der Waals surface area contributed by atoms with Crippen LogP contribution in [0.5, 0.6) is 5.75 Å². The lowest BCUT2D eigenvalue weighted by molar-refractivity contribution is -0.135. The van der Waals surface area contributed by atoms with E-state index in [1.807, 2.05) is 0 Å². The minimum atomic E-state index is -0.712. The predicted molar refractivity (Wildman–Crippen MR) is 77.3 cm³/mol. The number of anilines is 1. The molecule has 19 heavy (non-hydrogen) atoms. The van der Waals surface area contributed by atoms with Crippen molar-refractivity contribution in [3.63, 3.8) is 0 Å². The van der Waals surface area contributed by atoms with E-state index in [-0.39, 0.29) is 17.4 Å². The van der Waals surface area contributed by atoms with E-state index in [2.05, 4.69) is 15.9 Å². The van der Waals surface area contributed by atoms with Crippen LogP contribution >= 0.6 is 15.9 Å². The van der Waals surface area contributed by atoms with Gasteiger partial charge in [-0.25, -0.2) is 0 Å². The zero-order chi connectivity index (χ0) is 14.7. The number of hydrogen-bond donors (Lipinski definition) is 1. The van der Waals surface area contributed by atoms with Gasteiger partial charge < -0.3 is 15.4 Å². The summed E-state index contributed by atoms with van der Waals surface area (Å²) >= 11 is 3.27. The zero-order valence-corrected chi connectivity index (χ0v) is 12.9. The molecule has 1 aromatic rings. The maximum absolute atomic E-state index is 11.8. The van der Waals surface area contributed by atoms with Gasteiger partial charge in [0.05, 0.1) is 11.3 Å². The normalized spacial score (nSPS) is 11.8. The highest BCUT2D eigenvalue weighted by Gasteiger charge is 2.21. The van der Waals surface area contributed by atoms with Crippen LogP contribution in [0.4, 0.5) is 5.69 Å². The number of rotatable bonds is 4. The summed E-state index contributed by atoms with van der Waals surface area (Å²) < 4.78 is 6.25. The van der Waals surface area contributed by atoms with Gasteiger partial charge >= 0.3 is 0 Å². The lowest BCUT2D eigenvalue weighted by Gasteiger charge is -2.20. The van der Waals surface area contributed by atoms with E-state index in [9.17, 15) is 9.59 Å². The molecule has 0 radical (unpaired) electrons. The Balaban J connectivity index is 3.13. The Morgan fingerprint density at radius 1 is 1.37 bits per heavy atom. The Bertz CT molecular complexity index is 515. The van der Waals surface area contributed by atoms with Gasteiger partial charge in [-0.15, -0.1) is 0 Å². The van der Waals surface area contributed by atoms with E-state index >= 15 is 0 Å². The molecule has 1 atom stereocenters. The molecular weight excluding hydrogens is 312 g/mol. The highest BCUT2D eigenvalue weighted by Crippen LogP contribution is 2.32. The molecule has 0 aromatic heterocycles. The van der Waals surface area contributed by atoms with Crippen LogP contribution in [-0.4, -0.2) is 36.8 Å². The number of carbonyl (C=O) groups is 2. The first kappa shape index (κ1) is 15.5. The number of nitrogen functional groups attached to an aromatic ring is 1. The van der Waals surface area contributed by atoms with Crippen LogP contribution in [0.3, 0.4) is 0 Å². The molecule has 104 valence electrons. The molecule has 0 bridgehead atoms.